The lowest BCUT2D eigenvalue weighted by molar-refractivity contribution is -0.143. The highest BCUT2D eigenvalue weighted by molar-refractivity contribution is 6.05. The van der Waals surface area contributed by atoms with Crippen molar-refractivity contribution in [3.05, 3.63) is 0 Å². The number of rotatable bonds is 0. The lowest BCUT2D eigenvalue weighted by Crippen LogP contribution is -2.67. The third-order valence-corrected chi connectivity index (χ3v) is 3.39. The molecule has 2 heterocycles. The highest BCUT2D eigenvalue weighted by Crippen LogP contribution is 2.21. The fourth-order valence-corrected chi connectivity index (χ4v) is 2.17. The fraction of sp³-hybridized carbons (Fsp3) is 0.727. The monoisotopic (exact) mass is 239 g/mol. The quantitative estimate of drug-likeness (QED) is 0.602. The van der Waals surface area contributed by atoms with Crippen LogP contribution < -0.4 is 5.32 Å². The van der Waals surface area contributed by atoms with Gasteiger partial charge in [0, 0.05) is 13.1 Å². The summed E-state index contributed by atoms with van der Waals surface area (Å²) in [6.45, 7) is 4.68. The SMILES string of the molecule is CC1(C)C(=O)NC(=O)CN1C(=O)N1CCCC1. The van der Waals surface area contributed by atoms with Crippen LogP contribution in [0.3, 0.4) is 0 Å². The van der Waals surface area contributed by atoms with E-state index in [1.807, 2.05) is 0 Å². The van der Waals surface area contributed by atoms with E-state index in [2.05, 4.69) is 5.32 Å². The van der Waals surface area contributed by atoms with Crippen molar-refractivity contribution >= 4 is 17.8 Å². The van der Waals surface area contributed by atoms with E-state index in [4.69, 9.17) is 0 Å². The summed E-state index contributed by atoms with van der Waals surface area (Å²) in [5.41, 5.74) is -0.965. The minimum absolute atomic E-state index is 0.0475. The molecular weight excluding hydrogens is 222 g/mol. The molecule has 0 aromatic carbocycles. The van der Waals surface area contributed by atoms with Crippen LogP contribution in [-0.2, 0) is 9.59 Å². The number of carbonyl (C=O) groups excluding carboxylic acids is 3. The number of likely N-dealkylation sites (tertiary alicyclic amines) is 1. The van der Waals surface area contributed by atoms with Gasteiger partial charge in [0.2, 0.25) is 5.91 Å². The van der Waals surface area contributed by atoms with Crippen molar-refractivity contribution in [2.45, 2.75) is 32.2 Å². The topological polar surface area (TPSA) is 69.7 Å². The first-order valence-corrected chi connectivity index (χ1v) is 5.84. The third kappa shape index (κ3) is 1.99. The number of piperazine rings is 1. The van der Waals surface area contributed by atoms with Gasteiger partial charge in [0.15, 0.2) is 0 Å². The van der Waals surface area contributed by atoms with Gasteiger partial charge in [-0.1, -0.05) is 0 Å². The first kappa shape index (κ1) is 11.9. The van der Waals surface area contributed by atoms with E-state index in [0.717, 1.165) is 12.8 Å². The van der Waals surface area contributed by atoms with Crippen molar-refractivity contribution in [2.24, 2.45) is 0 Å². The molecule has 2 aliphatic rings. The van der Waals surface area contributed by atoms with Crippen molar-refractivity contribution in [1.82, 2.24) is 15.1 Å². The van der Waals surface area contributed by atoms with Gasteiger partial charge in [-0.2, -0.15) is 0 Å². The zero-order valence-corrected chi connectivity index (χ0v) is 10.2. The number of nitrogens with zero attached hydrogens (tertiary/aromatic N) is 2. The molecule has 2 aliphatic heterocycles. The standard InChI is InChI=1S/C11H17N3O3/c1-11(2)9(16)12-8(15)7-14(11)10(17)13-5-3-4-6-13/h3-7H2,1-2H3,(H,12,15,16). The second kappa shape index (κ2) is 4.01. The number of hydrogen-bond donors (Lipinski definition) is 1. The molecule has 0 spiro atoms. The van der Waals surface area contributed by atoms with Gasteiger partial charge in [-0.05, 0) is 26.7 Å². The summed E-state index contributed by atoms with van der Waals surface area (Å²) in [7, 11) is 0. The summed E-state index contributed by atoms with van der Waals surface area (Å²) in [6, 6.07) is -0.212. The van der Waals surface area contributed by atoms with E-state index >= 15 is 0 Å². The Labute approximate surface area is 99.9 Å². The Morgan fingerprint density at radius 1 is 1.24 bits per heavy atom. The van der Waals surface area contributed by atoms with Gasteiger partial charge in [-0.25, -0.2) is 4.79 Å². The normalized spacial score (nSPS) is 23.9. The minimum atomic E-state index is -0.965. The van der Waals surface area contributed by atoms with E-state index in [-0.39, 0.29) is 12.6 Å². The Balaban J connectivity index is 2.19. The molecular formula is C11H17N3O3. The molecule has 1 N–H and O–H groups in total. The molecule has 2 rings (SSSR count). The first-order valence-electron chi connectivity index (χ1n) is 5.84. The zero-order valence-electron chi connectivity index (χ0n) is 10.2. The second-order valence-electron chi connectivity index (χ2n) is 5.00. The average Bonchev–Trinajstić information content (AvgIpc) is 2.76. The average molecular weight is 239 g/mol. The largest absolute Gasteiger partial charge is 0.325 e. The number of imide groups is 1. The van der Waals surface area contributed by atoms with Crippen molar-refractivity contribution in [3.8, 4) is 0 Å². The Morgan fingerprint density at radius 3 is 2.41 bits per heavy atom. The van der Waals surface area contributed by atoms with E-state index in [0.29, 0.717) is 13.1 Å². The van der Waals surface area contributed by atoms with Gasteiger partial charge in [0.1, 0.15) is 12.1 Å². The molecule has 4 amide bonds. The van der Waals surface area contributed by atoms with Crippen LogP contribution >= 0.6 is 0 Å². The van der Waals surface area contributed by atoms with Crippen molar-refractivity contribution < 1.29 is 14.4 Å². The van der Waals surface area contributed by atoms with Gasteiger partial charge in [0.25, 0.3) is 5.91 Å². The van der Waals surface area contributed by atoms with Crippen molar-refractivity contribution in [2.75, 3.05) is 19.6 Å². The number of urea groups is 1. The molecule has 0 atom stereocenters. The molecule has 6 heteroatoms. The molecule has 0 aromatic heterocycles. The van der Waals surface area contributed by atoms with E-state index in [9.17, 15) is 14.4 Å². The highest BCUT2D eigenvalue weighted by atomic mass is 16.2. The Morgan fingerprint density at radius 2 is 1.82 bits per heavy atom. The van der Waals surface area contributed by atoms with Crippen molar-refractivity contribution in [3.63, 3.8) is 0 Å². The van der Waals surface area contributed by atoms with Gasteiger partial charge in [0.05, 0.1) is 0 Å². The third-order valence-electron chi connectivity index (χ3n) is 3.39. The van der Waals surface area contributed by atoms with Crippen molar-refractivity contribution in [1.29, 1.82) is 0 Å². The zero-order chi connectivity index (χ0) is 12.6. The summed E-state index contributed by atoms with van der Waals surface area (Å²) in [6.07, 6.45) is 1.97. The smallest absolute Gasteiger partial charge is 0.321 e. The maximum absolute atomic E-state index is 12.2. The Kier molecular flexibility index (Phi) is 2.81. The molecule has 0 aliphatic carbocycles. The van der Waals surface area contributed by atoms with Crippen LogP contribution in [0.5, 0.6) is 0 Å². The predicted molar refractivity (Wildman–Crippen MR) is 60.1 cm³/mol. The van der Waals surface area contributed by atoms with Crippen LogP contribution in [0.15, 0.2) is 0 Å². The van der Waals surface area contributed by atoms with Crippen LogP contribution in [-0.4, -0.2) is 52.8 Å². The van der Waals surface area contributed by atoms with E-state index in [1.165, 1.54) is 4.90 Å². The number of nitrogens with one attached hydrogen (secondary N) is 1. The molecule has 0 radical (unpaired) electrons. The Bertz CT molecular complexity index is 372. The molecule has 94 valence electrons. The minimum Gasteiger partial charge on any atom is -0.325 e. The number of hydrogen-bond acceptors (Lipinski definition) is 3. The predicted octanol–water partition coefficient (Wildman–Crippen LogP) is -0.0608. The molecule has 0 unspecified atom stereocenters. The molecule has 0 saturated carbocycles. The summed E-state index contributed by atoms with van der Waals surface area (Å²) in [4.78, 5) is 38.3. The summed E-state index contributed by atoms with van der Waals surface area (Å²) in [5.74, 6) is -0.830. The molecule has 6 nitrogen and oxygen atoms in total. The van der Waals surface area contributed by atoms with E-state index < -0.39 is 17.4 Å². The lowest BCUT2D eigenvalue weighted by Gasteiger charge is -2.41. The van der Waals surface area contributed by atoms with Crippen LogP contribution in [0.1, 0.15) is 26.7 Å². The van der Waals surface area contributed by atoms with Crippen LogP contribution in [0.2, 0.25) is 0 Å². The summed E-state index contributed by atoms with van der Waals surface area (Å²) in [5, 5.41) is 2.25. The summed E-state index contributed by atoms with van der Waals surface area (Å²) < 4.78 is 0. The number of amides is 4. The van der Waals surface area contributed by atoms with Gasteiger partial charge < -0.3 is 9.80 Å². The molecule has 2 fully saturated rings. The lowest BCUT2D eigenvalue weighted by atomic mass is 9.99. The van der Waals surface area contributed by atoms with Crippen LogP contribution in [0.25, 0.3) is 0 Å². The summed E-state index contributed by atoms with van der Waals surface area (Å²) >= 11 is 0. The molecule has 2 saturated heterocycles. The maximum Gasteiger partial charge on any atom is 0.321 e. The Hall–Kier alpha value is -1.59. The highest BCUT2D eigenvalue weighted by Gasteiger charge is 2.45. The molecule has 0 bridgehead atoms. The second-order valence-corrected chi connectivity index (χ2v) is 5.00. The first-order chi connectivity index (χ1) is 7.93. The molecule has 0 aromatic rings. The van der Waals surface area contributed by atoms with Gasteiger partial charge >= 0.3 is 6.03 Å². The molecule has 17 heavy (non-hydrogen) atoms. The van der Waals surface area contributed by atoms with Gasteiger partial charge in [-0.3, -0.25) is 14.9 Å². The van der Waals surface area contributed by atoms with Gasteiger partial charge in [-0.15, -0.1) is 0 Å². The fourth-order valence-electron chi connectivity index (χ4n) is 2.17. The maximum atomic E-state index is 12.2. The number of carbonyl (C=O) groups is 3. The van der Waals surface area contributed by atoms with E-state index in [1.54, 1.807) is 18.7 Å². The van der Waals surface area contributed by atoms with Crippen LogP contribution in [0, 0.1) is 0 Å². The van der Waals surface area contributed by atoms with Crippen LogP contribution in [0.4, 0.5) is 4.79 Å².